The second kappa shape index (κ2) is 9.28. The first-order chi connectivity index (χ1) is 12.3. The van der Waals surface area contributed by atoms with Crippen LogP contribution >= 0.6 is 0 Å². The third kappa shape index (κ3) is 5.64. The number of rotatable bonds is 9. The fourth-order valence-electron chi connectivity index (χ4n) is 3.16. The third-order valence-electron chi connectivity index (χ3n) is 4.73. The van der Waals surface area contributed by atoms with Crippen LogP contribution in [0.3, 0.4) is 0 Å². The van der Waals surface area contributed by atoms with Gasteiger partial charge in [-0.25, -0.2) is 0 Å². The lowest BCUT2D eigenvalue weighted by Gasteiger charge is -2.09. The third-order valence-corrected chi connectivity index (χ3v) is 5.58. The van der Waals surface area contributed by atoms with E-state index < -0.39 is 10.1 Å². The predicted molar refractivity (Wildman–Crippen MR) is 105 cm³/mol. The molecule has 2 rings (SSSR count). The molecule has 0 unspecified atom stereocenters. The topological polar surface area (TPSA) is 58.2 Å². The molecule has 0 radical (unpaired) electrons. The maximum atomic E-state index is 11.5. The van der Waals surface area contributed by atoms with Crippen LogP contribution in [0.25, 0.3) is 11.3 Å². The van der Waals surface area contributed by atoms with E-state index in [0.717, 1.165) is 35.3 Å². The van der Waals surface area contributed by atoms with E-state index in [2.05, 4.69) is 29.8 Å². The molecule has 0 saturated carbocycles. The molecular weight excluding hydrogens is 346 g/mol. The number of hydrogen-bond donors (Lipinski definition) is 1. The van der Waals surface area contributed by atoms with Crippen molar-refractivity contribution in [2.45, 2.75) is 70.7 Å². The first kappa shape index (κ1) is 20.6. The SMILES string of the molecule is CCCCCCCC[n+]1ccc(C)cc1-c1cc(S(=O)(=O)O)ccc1C. The fraction of sp³-hybridized carbons (Fsp3) is 0.476. The van der Waals surface area contributed by atoms with E-state index in [0.29, 0.717) is 0 Å². The standard InChI is InChI=1S/C21H29NO3S/c1-4-5-6-7-8-9-13-22-14-12-17(2)15-21(22)20-16-19(26(23,24)25)11-10-18(20)3/h10-12,14-16H,4-9,13H2,1-3H3/p+1. The van der Waals surface area contributed by atoms with Crippen molar-refractivity contribution in [2.75, 3.05) is 0 Å². The van der Waals surface area contributed by atoms with E-state index in [9.17, 15) is 13.0 Å². The van der Waals surface area contributed by atoms with Gasteiger partial charge >= 0.3 is 0 Å². The highest BCUT2D eigenvalue weighted by Gasteiger charge is 2.19. The Kier molecular flexibility index (Phi) is 7.35. The van der Waals surface area contributed by atoms with E-state index in [1.807, 2.05) is 13.8 Å². The van der Waals surface area contributed by atoms with Crippen molar-refractivity contribution >= 4 is 10.1 Å². The Bertz CT molecular complexity index is 844. The van der Waals surface area contributed by atoms with Gasteiger partial charge < -0.3 is 0 Å². The highest BCUT2D eigenvalue weighted by Crippen LogP contribution is 2.25. The zero-order chi connectivity index (χ0) is 19.2. The fourth-order valence-corrected chi connectivity index (χ4v) is 3.67. The molecule has 1 aromatic carbocycles. The van der Waals surface area contributed by atoms with Crippen LogP contribution in [-0.4, -0.2) is 13.0 Å². The number of pyridine rings is 1. The molecule has 5 heteroatoms. The molecule has 0 aliphatic carbocycles. The van der Waals surface area contributed by atoms with Crippen molar-refractivity contribution in [3.8, 4) is 11.3 Å². The molecule has 1 aromatic heterocycles. The summed E-state index contributed by atoms with van der Waals surface area (Å²) in [7, 11) is -4.21. The Morgan fingerprint density at radius 3 is 2.35 bits per heavy atom. The summed E-state index contributed by atoms with van der Waals surface area (Å²) in [6.07, 6.45) is 9.46. The van der Waals surface area contributed by atoms with Gasteiger partial charge in [0.15, 0.2) is 6.20 Å². The zero-order valence-corrected chi connectivity index (χ0v) is 16.8. The van der Waals surface area contributed by atoms with Gasteiger partial charge in [0.2, 0.25) is 5.69 Å². The predicted octanol–water partition coefficient (Wildman–Crippen LogP) is 4.87. The van der Waals surface area contributed by atoms with E-state index in [1.165, 1.54) is 38.2 Å². The monoisotopic (exact) mass is 376 g/mol. The van der Waals surface area contributed by atoms with Crippen LogP contribution < -0.4 is 4.57 Å². The van der Waals surface area contributed by atoms with Crippen LogP contribution in [0, 0.1) is 13.8 Å². The smallest absolute Gasteiger partial charge is 0.282 e. The number of aromatic nitrogens is 1. The molecule has 1 N–H and O–H groups in total. The molecule has 0 bridgehead atoms. The van der Waals surface area contributed by atoms with Crippen LogP contribution in [0.4, 0.5) is 0 Å². The summed E-state index contributed by atoms with van der Waals surface area (Å²) in [5.41, 5.74) is 3.94. The van der Waals surface area contributed by atoms with E-state index in [4.69, 9.17) is 0 Å². The lowest BCUT2D eigenvalue weighted by molar-refractivity contribution is -0.686. The van der Waals surface area contributed by atoms with E-state index in [1.54, 1.807) is 12.1 Å². The Morgan fingerprint density at radius 2 is 1.65 bits per heavy atom. The van der Waals surface area contributed by atoms with Gasteiger partial charge in [0.25, 0.3) is 10.1 Å². The van der Waals surface area contributed by atoms with Gasteiger partial charge in [-0.05, 0) is 43.5 Å². The molecule has 0 aliphatic rings. The highest BCUT2D eigenvalue weighted by molar-refractivity contribution is 7.85. The van der Waals surface area contributed by atoms with Crippen LogP contribution in [0.5, 0.6) is 0 Å². The summed E-state index contributed by atoms with van der Waals surface area (Å²) in [6.45, 7) is 7.11. The van der Waals surface area contributed by atoms with Gasteiger partial charge in [-0.3, -0.25) is 4.55 Å². The Balaban J connectivity index is 2.27. The van der Waals surface area contributed by atoms with Crippen molar-refractivity contribution in [3.05, 3.63) is 47.7 Å². The second-order valence-corrected chi connectivity index (χ2v) is 8.42. The number of nitrogens with zero attached hydrogens (tertiary/aromatic N) is 1. The molecule has 0 spiro atoms. The molecule has 1 heterocycles. The minimum absolute atomic E-state index is 0.0641. The van der Waals surface area contributed by atoms with Crippen LogP contribution in [0.2, 0.25) is 0 Å². The molecule has 0 aliphatic heterocycles. The average Bonchev–Trinajstić information content (AvgIpc) is 2.58. The van der Waals surface area contributed by atoms with Crippen molar-refractivity contribution in [1.82, 2.24) is 0 Å². The summed E-state index contributed by atoms with van der Waals surface area (Å²) in [6, 6.07) is 8.91. The highest BCUT2D eigenvalue weighted by atomic mass is 32.2. The van der Waals surface area contributed by atoms with E-state index >= 15 is 0 Å². The van der Waals surface area contributed by atoms with Crippen LogP contribution in [-0.2, 0) is 16.7 Å². The van der Waals surface area contributed by atoms with Gasteiger partial charge in [0, 0.05) is 18.6 Å². The molecule has 142 valence electrons. The van der Waals surface area contributed by atoms with Crippen molar-refractivity contribution in [1.29, 1.82) is 0 Å². The zero-order valence-electron chi connectivity index (χ0n) is 16.0. The summed E-state index contributed by atoms with van der Waals surface area (Å²) < 4.78 is 34.6. The molecule has 26 heavy (non-hydrogen) atoms. The number of unbranched alkanes of at least 4 members (excludes halogenated alkanes) is 5. The lowest BCUT2D eigenvalue weighted by Crippen LogP contribution is -2.36. The van der Waals surface area contributed by atoms with Crippen molar-refractivity contribution in [2.24, 2.45) is 0 Å². The molecular formula is C21H30NO3S+. The first-order valence-electron chi connectivity index (χ1n) is 9.41. The summed E-state index contributed by atoms with van der Waals surface area (Å²) >= 11 is 0. The van der Waals surface area contributed by atoms with Crippen LogP contribution in [0.1, 0.15) is 56.6 Å². The van der Waals surface area contributed by atoms with Gasteiger partial charge in [-0.2, -0.15) is 13.0 Å². The van der Waals surface area contributed by atoms with Crippen LogP contribution in [0.15, 0.2) is 41.4 Å². The Labute approximate surface area is 157 Å². The second-order valence-electron chi connectivity index (χ2n) is 7.00. The lowest BCUT2D eigenvalue weighted by atomic mass is 10.0. The maximum Gasteiger partial charge on any atom is 0.294 e. The Morgan fingerprint density at radius 1 is 0.962 bits per heavy atom. The van der Waals surface area contributed by atoms with Gasteiger partial charge in [0.1, 0.15) is 6.54 Å². The Hall–Kier alpha value is -1.72. The van der Waals surface area contributed by atoms with Gasteiger partial charge in [0.05, 0.1) is 10.5 Å². The quantitative estimate of drug-likeness (QED) is 0.386. The minimum atomic E-state index is -4.21. The number of hydrogen-bond acceptors (Lipinski definition) is 2. The van der Waals surface area contributed by atoms with Crippen molar-refractivity contribution < 1.29 is 17.5 Å². The number of aryl methyl sites for hydroxylation is 3. The summed E-state index contributed by atoms with van der Waals surface area (Å²) in [4.78, 5) is -0.0641. The van der Waals surface area contributed by atoms with E-state index in [-0.39, 0.29) is 4.90 Å². The molecule has 0 fully saturated rings. The van der Waals surface area contributed by atoms with Crippen molar-refractivity contribution in [3.63, 3.8) is 0 Å². The normalized spacial score (nSPS) is 11.7. The van der Waals surface area contributed by atoms with Gasteiger partial charge in [-0.1, -0.05) is 38.7 Å². The molecule has 0 amide bonds. The maximum absolute atomic E-state index is 11.5. The minimum Gasteiger partial charge on any atom is -0.282 e. The molecule has 4 nitrogen and oxygen atoms in total. The van der Waals surface area contributed by atoms with Gasteiger partial charge in [-0.15, -0.1) is 0 Å². The first-order valence-corrected chi connectivity index (χ1v) is 10.9. The molecule has 2 aromatic rings. The molecule has 0 atom stereocenters. The summed E-state index contributed by atoms with van der Waals surface area (Å²) in [5.74, 6) is 0. The summed E-state index contributed by atoms with van der Waals surface area (Å²) in [5, 5.41) is 0. The average molecular weight is 377 g/mol. The largest absolute Gasteiger partial charge is 0.294 e. The number of benzene rings is 1. The molecule has 0 saturated heterocycles.